The second kappa shape index (κ2) is 4.89. The largest absolute Gasteiger partial charge is 0.458 e. The molecule has 0 fully saturated rings. The predicted molar refractivity (Wildman–Crippen MR) is 68.2 cm³/mol. The lowest BCUT2D eigenvalue weighted by Gasteiger charge is -1.98. The number of ketones is 1. The maximum atomic E-state index is 11.6. The van der Waals surface area contributed by atoms with E-state index in [1.54, 1.807) is 18.2 Å². The van der Waals surface area contributed by atoms with E-state index in [9.17, 15) is 4.79 Å². The van der Waals surface area contributed by atoms with E-state index in [-0.39, 0.29) is 5.78 Å². The van der Waals surface area contributed by atoms with Crippen molar-refractivity contribution in [1.82, 2.24) is 0 Å². The number of benzene rings is 1. The van der Waals surface area contributed by atoms with Crippen LogP contribution in [0, 0.1) is 18.3 Å². The van der Waals surface area contributed by atoms with Gasteiger partial charge in [-0.2, -0.15) is 5.26 Å². The molecule has 0 amide bonds. The molecule has 0 saturated heterocycles. The van der Waals surface area contributed by atoms with Gasteiger partial charge in [0.25, 0.3) is 0 Å². The van der Waals surface area contributed by atoms with Crippen molar-refractivity contribution in [3.63, 3.8) is 0 Å². The lowest BCUT2D eigenvalue weighted by atomic mass is 10.0. The summed E-state index contributed by atoms with van der Waals surface area (Å²) in [6.45, 7) is 3.64. The van der Waals surface area contributed by atoms with E-state index in [1.165, 1.54) is 0 Å². The average molecular weight is 239 g/mol. The van der Waals surface area contributed by atoms with Crippen molar-refractivity contribution >= 4 is 5.78 Å². The molecule has 3 nitrogen and oxygen atoms in total. The van der Waals surface area contributed by atoms with Crippen molar-refractivity contribution in [3.05, 3.63) is 47.4 Å². The number of Topliss-reactive ketones (excluding diaryl/α,β-unsaturated/α-hetero) is 1. The van der Waals surface area contributed by atoms with Gasteiger partial charge in [-0.15, -0.1) is 0 Å². The van der Waals surface area contributed by atoms with Gasteiger partial charge in [0.1, 0.15) is 5.76 Å². The molecule has 0 N–H and O–H groups in total. The Morgan fingerprint density at radius 2 is 2.00 bits per heavy atom. The second-order valence-electron chi connectivity index (χ2n) is 4.05. The molecule has 18 heavy (non-hydrogen) atoms. The molecule has 0 aliphatic carbocycles. The molecule has 1 aromatic carbocycles. The Bertz CT molecular complexity index is 615. The number of nitriles is 1. The number of furan rings is 1. The highest BCUT2D eigenvalue weighted by molar-refractivity contribution is 5.94. The van der Waals surface area contributed by atoms with E-state index in [0.29, 0.717) is 17.7 Å². The molecule has 1 heterocycles. The topological polar surface area (TPSA) is 54.0 Å². The molecule has 0 unspecified atom stereocenters. The third-order valence-corrected chi connectivity index (χ3v) is 2.84. The van der Waals surface area contributed by atoms with Crippen molar-refractivity contribution in [1.29, 1.82) is 5.26 Å². The van der Waals surface area contributed by atoms with Crippen LogP contribution in [0.1, 0.15) is 35.2 Å². The summed E-state index contributed by atoms with van der Waals surface area (Å²) in [7, 11) is 0. The molecule has 0 bridgehead atoms. The number of carbonyl (C=O) groups excluding carboxylic acids is 1. The van der Waals surface area contributed by atoms with Crippen LogP contribution in [-0.2, 0) is 0 Å². The normalized spacial score (nSPS) is 10.1. The second-order valence-corrected chi connectivity index (χ2v) is 4.05. The van der Waals surface area contributed by atoms with E-state index >= 15 is 0 Å². The highest BCUT2D eigenvalue weighted by Crippen LogP contribution is 2.27. The molecule has 2 rings (SSSR count). The fourth-order valence-electron chi connectivity index (χ4n) is 1.80. The molecule has 90 valence electrons. The molecule has 0 aliphatic rings. The lowest BCUT2D eigenvalue weighted by Crippen LogP contribution is -1.92. The molecule has 0 aliphatic heterocycles. The van der Waals surface area contributed by atoms with Crippen LogP contribution in [0.3, 0.4) is 0 Å². The lowest BCUT2D eigenvalue weighted by molar-refractivity contribution is 0.0960. The van der Waals surface area contributed by atoms with Crippen LogP contribution < -0.4 is 0 Å². The number of aryl methyl sites for hydroxylation is 1. The fourth-order valence-corrected chi connectivity index (χ4v) is 1.80. The van der Waals surface area contributed by atoms with Crippen molar-refractivity contribution < 1.29 is 9.21 Å². The van der Waals surface area contributed by atoms with Gasteiger partial charge < -0.3 is 4.42 Å². The summed E-state index contributed by atoms with van der Waals surface area (Å²) >= 11 is 0. The molecular weight excluding hydrogens is 226 g/mol. The number of carbonyl (C=O) groups is 1. The SMILES string of the molecule is CCC(=O)c1cc(-c2ccc(C#N)cc2)c(C)o1. The first-order valence-electron chi connectivity index (χ1n) is 5.80. The highest BCUT2D eigenvalue weighted by Gasteiger charge is 2.13. The Balaban J connectivity index is 2.41. The Morgan fingerprint density at radius 1 is 1.33 bits per heavy atom. The van der Waals surface area contributed by atoms with Gasteiger partial charge in [0.2, 0.25) is 0 Å². The molecule has 0 spiro atoms. The monoisotopic (exact) mass is 239 g/mol. The van der Waals surface area contributed by atoms with Crippen LogP contribution in [0.2, 0.25) is 0 Å². The molecule has 0 atom stereocenters. The van der Waals surface area contributed by atoms with E-state index in [2.05, 4.69) is 6.07 Å². The first-order valence-corrected chi connectivity index (χ1v) is 5.80. The third kappa shape index (κ3) is 2.18. The Hall–Kier alpha value is -2.34. The predicted octanol–water partition coefficient (Wildman–Crippen LogP) is 3.72. The molecule has 3 heteroatoms. The van der Waals surface area contributed by atoms with Gasteiger partial charge in [-0.3, -0.25) is 4.79 Å². The zero-order valence-electron chi connectivity index (χ0n) is 10.4. The van der Waals surface area contributed by atoms with Crippen LogP contribution >= 0.6 is 0 Å². The molecule has 0 saturated carbocycles. The Kier molecular flexibility index (Phi) is 3.29. The number of hydrogen-bond acceptors (Lipinski definition) is 3. The standard InChI is InChI=1S/C15H13NO2/c1-3-14(17)15-8-13(10(2)18-15)12-6-4-11(9-16)5-7-12/h4-8H,3H2,1-2H3. The van der Waals surface area contributed by atoms with E-state index in [1.807, 2.05) is 26.0 Å². The first kappa shape index (κ1) is 12.1. The van der Waals surface area contributed by atoms with Crippen LogP contribution in [0.5, 0.6) is 0 Å². The van der Waals surface area contributed by atoms with Crippen molar-refractivity contribution in [2.45, 2.75) is 20.3 Å². The van der Waals surface area contributed by atoms with Gasteiger partial charge >= 0.3 is 0 Å². The summed E-state index contributed by atoms with van der Waals surface area (Å²) in [4.78, 5) is 11.6. The van der Waals surface area contributed by atoms with Crippen molar-refractivity contribution in [2.75, 3.05) is 0 Å². The number of hydrogen-bond donors (Lipinski definition) is 0. The Morgan fingerprint density at radius 3 is 2.56 bits per heavy atom. The number of rotatable bonds is 3. The van der Waals surface area contributed by atoms with Crippen molar-refractivity contribution in [2.24, 2.45) is 0 Å². The van der Waals surface area contributed by atoms with Crippen LogP contribution in [-0.4, -0.2) is 5.78 Å². The highest BCUT2D eigenvalue weighted by atomic mass is 16.3. The smallest absolute Gasteiger partial charge is 0.197 e. The summed E-state index contributed by atoms with van der Waals surface area (Å²) in [6, 6.07) is 11.1. The maximum Gasteiger partial charge on any atom is 0.197 e. The summed E-state index contributed by atoms with van der Waals surface area (Å²) in [5, 5.41) is 8.75. The van der Waals surface area contributed by atoms with Crippen LogP contribution in [0.15, 0.2) is 34.7 Å². The van der Waals surface area contributed by atoms with Gasteiger partial charge in [0.05, 0.1) is 11.6 Å². The quantitative estimate of drug-likeness (QED) is 0.767. The van der Waals surface area contributed by atoms with Crippen molar-refractivity contribution in [3.8, 4) is 17.2 Å². The maximum absolute atomic E-state index is 11.6. The van der Waals surface area contributed by atoms with Crippen LogP contribution in [0.4, 0.5) is 0 Å². The first-order chi connectivity index (χ1) is 8.65. The van der Waals surface area contributed by atoms with E-state index in [4.69, 9.17) is 9.68 Å². The minimum absolute atomic E-state index is 0.00186. The molecule has 2 aromatic rings. The third-order valence-electron chi connectivity index (χ3n) is 2.84. The summed E-state index contributed by atoms with van der Waals surface area (Å²) in [5.41, 5.74) is 2.46. The minimum atomic E-state index is -0.00186. The van der Waals surface area contributed by atoms with E-state index < -0.39 is 0 Å². The zero-order chi connectivity index (χ0) is 13.1. The molecule has 0 radical (unpaired) electrons. The molecular formula is C15H13NO2. The zero-order valence-corrected chi connectivity index (χ0v) is 10.4. The average Bonchev–Trinajstić information content (AvgIpc) is 2.80. The number of nitrogens with zero attached hydrogens (tertiary/aromatic N) is 1. The van der Waals surface area contributed by atoms with Gasteiger partial charge in [-0.05, 0) is 30.7 Å². The minimum Gasteiger partial charge on any atom is -0.458 e. The summed E-state index contributed by atoms with van der Waals surface area (Å²) in [5.74, 6) is 1.11. The summed E-state index contributed by atoms with van der Waals surface area (Å²) in [6.07, 6.45) is 0.430. The fraction of sp³-hybridized carbons (Fsp3) is 0.200. The van der Waals surface area contributed by atoms with Crippen LogP contribution in [0.25, 0.3) is 11.1 Å². The van der Waals surface area contributed by atoms with Gasteiger partial charge in [-0.25, -0.2) is 0 Å². The molecule has 1 aromatic heterocycles. The van der Waals surface area contributed by atoms with Gasteiger partial charge in [0.15, 0.2) is 11.5 Å². The van der Waals surface area contributed by atoms with Gasteiger partial charge in [0, 0.05) is 12.0 Å². The van der Waals surface area contributed by atoms with Gasteiger partial charge in [-0.1, -0.05) is 19.1 Å². The summed E-state index contributed by atoms with van der Waals surface area (Å²) < 4.78 is 5.46. The Labute approximate surface area is 106 Å². The van der Waals surface area contributed by atoms with E-state index in [0.717, 1.165) is 16.9 Å².